The predicted octanol–water partition coefficient (Wildman–Crippen LogP) is 6.44. The molecule has 0 aliphatic carbocycles. The maximum atomic E-state index is 9.63. The first-order valence-corrected chi connectivity index (χ1v) is 12.1. The van der Waals surface area contributed by atoms with Gasteiger partial charge < -0.3 is 14.6 Å². The summed E-state index contributed by atoms with van der Waals surface area (Å²) >= 11 is 6.65. The molecule has 1 aliphatic rings. The lowest BCUT2D eigenvalue weighted by Gasteiger charge is -2.15. The number of halogens is 1. The van der Waals surface area contributed by atoms with Crippen molar-refractivity contribution in [3.8, 4) is 45.6 Å². The van der Waals surface area contributed by atoms with Gasteiger partial charge >= 0.3 is 0 Å². The molecule has 0 saturated carbocycles. The Hall–Kier alpha value is -3.61. The third kappa shape index (κ3) is 5.73. The highest BCUT2D eigenvalue weighted by Crippen LogP contribution is 2.38. The van der Waals surface area contributed by atoms with Crippen LogP contribution in [-0.2, 0) is 0 Å². The van der Waals surface area contributed by atoms with Crippen LogP contribution in [0.3, 0.4) is 0 Å². The minimum Gasteiger partial charge on any atom is -0.508 e. The number of nitrogens with zero attached hydrogens (tertiary/aromatic N) is 3. The molecule has 1 aliphatic heterocycles. The van der Waals surface area contributed by atoms with Crippen LogP contribution in [0.2, 0.25) is 5.15 Å². The minimum atomic E-state index is 0.167. The number of phenols is 1. The average Bonchev–Trinajstić information content (AvgIpc) is 3.39. The highest BCUT2D eigenvalue weighted by atomic mass is 35.5. The molecule has 0 unspecified atom stereocenters. The van der Waals surface area contributed by atoms with Gasteiger partial charge in [-0.05, 0) is 80.0 Å². The summed E-state index contributed by atoms with van der Waals surface area (Å²) in [6.45, 7) is 3.93. The van der Waals surface area contributed by atoms with Gasteiger partial charge in [-0.25, -0.2) is 4.98 Å². The van der Waals surface area contributed by atoms with E-state index in [1.807, 2.05) is 54.6 Å². The van der Waals surface area contributed by atoms with Crippen molar-refractivity contribution < 1.29 is 14.6 Å². The number of hydrogen-bond donors (Lipinski definition) is 1. The first kappa shape index (κ1) is 23.1. The van der Waals surface area contributed by atoms with E-state index < -0.39 is 0 Å². The van der Waals surface area contributed by atoms with Crippen LogP contribution in [0.15, 0.2) is 78.9 Å². The van der Waals surface area contributed by atoms with Gasteiger partial charge in [-0.3, -0.25) is 4.90 Å². The van der Waals surface area contributed by atoms with E-state index in [0.29, 0.717) is 29.6 Å². The lowest BCUT2D eigenvalue weighted by Crippen LogP contribution is -2.25. The molecular weight excluding hydrogens is 462 g/mol. The Morgan fingerprint density at radius 2 is 1.49 bits per heavy atom. The van der Waals surface area contributed by atoms with Crippen molar-refractivity contribution in [1.29, 1.82) is 0 Å². The number of ether oxygens (including phenoxy) is 2. The largest absolute Gasteiger partial charge is 0.508 e. The van der Waals surface area contributed by atoms with Crippen molar-refractivity contribution in [2.45, 2.75) is 12.8 Å². The van der Waals surface area contributed by atoms with Crippen molar-refractivity contribution in [3.63, 3.8) is 0 Å². The van der Waals surface area contributed by atoms with Crippen molar-refractivity contribution in [2.75, 3.05) is 26.2 Å². The molecule has 0 amide bonds. The first-order valence-electron chi connectivity index (χ1n) is 11.7. The lowest BCUT2D eigenvalue weighted by molar-refractivity contribution is 0.237. The molecule has 3 aromatic carbocycles. The van der Waals surface area contributed by atoms with Crippen LogP contribution >= 0.6 is 11.6 Å². The Bertz CT molecular complexity index is 1260. The molecule has 0 atom stereocenters. The average molecular weight is 488 g/mol. The third-order valence-corrected chi connectivity index (χ3v) is 6.21. The summed E-state index contributed by atoms with van der Waals surface area (Å²) in [4.78, 5) is 11.6. The summed E-state index contributed by atoms with van der Waals surface area (Å²) in [6, 6.07) is 23.8. The van der Waals surface area contributed by atoms with Gasteiger partial charge in [0.15, 0.2) is 5.82 Å². The molecule has 5 rings (SSSR count). The van der Waals surface area contributed by atoms with Crippen LogP contribution in [-0.4, -0.2) is 46.2 Å². The number of phenolic OH excluding ortho intramolecular Hbond substituents is 1. The van der Waals surface area contributed by atoms with Crippen LogP contribution in [0.1, 0.15) is 12.8 Å². The molecule has 1 fully saturated rings. The van der Waals surface area contributed by atoms with Gasteiger partial charge in [0.25, 0.3) is 0 Å². The summed E-state index contributed by atoms with van der Waals surface area (Å²) in [5.41, 5.74) is 2.18. The molecular formula is C28H26ClN3O3. The maximum absolute atomic E-state index is 9.63. The number of aromatic hydroxyl groups is 1. The van der Waals surface area contributed by atoms with E-state index in [0.717, 1.165) is 36.5 Å². The van der Waals surface area contributed by atoms with E-state index in [9.17, 15) is 5.11 Å². The quantitative estimate of drug-likeness (QED) is 0.288. The zero-order chi connectivity index (χ0) is 24.0. The summed E-state index contributed by atoms with van der Waals surface area (Å²) in [5.74, 6) is 2.33. The smallest absolute Gasteiger partial charge is 0.232 e. The van der Waals surface area contributed by atoms with E-state index in [1.165, 1.54) is 12.8 Å². The van der Waals surface area contributed by atoms with Crippen molar-refractivity contribution in [2.24, 2.45) is 0 Å². The van der Waals surface area contributed by atoms with E-state index >= 15 is 0 Å². The fraction of sp³-hybridized carbons (Fsp3) is 0.214. The fourth-order valence-corrected chi connectivity index (χ4v) is 4.36. The Morgan fingerprint density at radius 3 is 2.20 bits per heavy atom. The normalized spacial score (nSPS) is 13.6. The Labute approximate surface area is 209 Å². The van der Waals surface area contributed by atoms with Gasteiger partial charge in [-0.2, -0.15) is 4.98 Å². The molecule has 35 heavy (non-hydrogen) atoms. The molecule has 0 bridgehead atoms. The van der Waals surface area contributed by atoms with Crippen molar-refractivity contribution >= 4 is 11.6 Å². The second-order valence-electron chi connectivity index (χ2n) is 8.40. The lowest BCUT2D eigenvalue weighted by atomic mass is 10.1. The summed E-state index contributed by atoms with van der Waals surface area (Å²) in [7, 11) is 0. The minimum absolute atomic E-state index is 0.167. The zero-order valence-electron chi connectivity index (χ0n) is 19.2. The van der Waals surface area contributed by atoms with E-state index in [-0.39, 0.29) is 10.9 Å². The molecule has 4 aromatic rings. The highest BCUT2D eigenvalue weighted by molar-refractivity contribution is 6.32. The Balaban J connectivity index is 1.39. The monoisotopic (exact) mass is 487 g/mol. The van der Waals surface area contributed by atoms with Gasteiger partial charge in [0.1, 0.15) is 29.0 Å². The predicted molar refractivity (Wildman–Crippen MR) is 137 cm³/mol. The number of aromatic nitrogens is 2. The topological polar surface area (TPSA) is 67.7 Å². The number of hydrogen-bond acceptors (Lipinski definition) is 6. The third-order valence-electron chi connectivity index (χ3n) is 5.93. The SMILES string of the molecule is Oc1ccc(-c2nc(Cl)c(-c3ccccc3)c(Oc3ccc(OCCN4CCCC4)cc3)n2)cc1. The van der Waals surface area contributed by atoms with Crippen LogP contribution in [0.25, 0.3) is 22.5 Å². The van der Waals surface area contributed by atoms with Gasteiger partial charge in [-0.15, -0.1) is 0 Å². The number of rotatable bonds is 8. The molecule has 2 heterocycles. The van der Waals surface area contributed by atoms with E-state index in [4.69, 9.17) is 21.1 Å². The first-order chi connectivity index (χ1) is 17.2. The second-order valence-corrected chi connectivity index (χ2v) is 8.76. The standard InChI is InChI=1S/C28H26ClN3O3/c29-26-25(20-6-2-1-3-7-20)28(31-27(30-26)21-8-10-22(33)11-9-21)35-24-14-12-23(13-15-24)34-19-18-32-16-4-5-17-32/h1-3,6-15,33H,4-5,16-19H2. The highest BCUT2D eigenvalue weighted by Gasteiger charge is 2.18. The van der Waals surface area contributed by atoms with E-state index in [2.05, 4.69) is 14.9 Å². The number of benzene rings is 3. The van der Waals surface area contributed by atoms with Crippen molar-refractivity contribution in [3.05, 3.63) is 84.0 Å². The van der Waals surface area contributed by atoms with Crippen molar-refractivity contribution in [1.82, 2.24) is 14.9 Å². The number of likely N-dealkylation sites (tertiary alicyclic amines) is 1. The fourth-order valence-electron chi connectivity index (χ4n) is 4.09. The molecule has 1 aromatic heterocycles. The molecule has 0 spiro atoms. The van der Waals surface area contributed by atoms with Crippen LogP contribution in [0, 0.1) is 0 Å². The molecule has 178 valence electrons. The Morgan fingerprint density at radius 1 is 0.800 bits per heavy atom. The molecule has 7 heteroatoms. The van der Waals surface area contributed by atoms with Gasteiger partial charge in [-0.1, -0.05) is 41.9 Å². The van der Waals surface area contributed by atoms with Gasteiger partial charge in [0.2, 0.25) is 5.88 Å². The van der Waals surface area contributed by atoms with Crippen LogP contribution in [0.5, 0.6) is 23.1 Å². The summed E-state index contributed by atoms with van der Waals surface area (Å²) in [6.07, 6.45) is 2.55. The molecule has 1 saturated heterocycles. The molecule has 6 nitrogen and oxygen atoms in total. The zero-order valence-corrected chi connectivity index (χ0v) is 20.0. The molecule has 1 N–H and O–H groups in total. The van der Waals surface area contributed by atoms with E-state index in [1.54, 1.807) is 24.3 Å². The van der Waals surface area contributed by atoms with Gasteiger partial charge in [0, 0.05) is 12.1 Å². The second kappa shape index (κ2) is 10.8. The maximum Gasteiger partial charge on any atom is 0.232 e. The van der Waals surface area contributed by atoms with Crippen LogP contribution in [0.4, 0.5) is 0 Å². The summed E-state index contributed by atoms with van der Waals surface area (Å²) < 4.78 is 12.1. The Kier molecular flexibility index (Phi) is 7.12. The van der Waals surface area contributed by atoms with Crippen LogP contribution < -0.4 is 9.47 Å². The van der Waals surface area contributed by atoms with Gasteiger partial charge in [0.05, 0.1) is 5.56 Å². The molecule has 0 radical (unpaired) electrons. The summed E-state index contributed by atoms with van der Waals surface area (Å²) in [5, 5.41) is 9.91.